The van der Waals surface area contributed by atoms with Gasteiger partial charge in [-0.05, 0) is 45.2 Å². The summed E-state index contributed by atoms with van der Waals surface area (Å²) in [5.41, 5.74) is 0.330. The predicted molar refractivity (Wildman–Crippen MR) is 95.9 cm³/mol. The number of imide groups is 1. The highest BCUT2D eigenvalue weighted by Gasteiger charge is 2.49. The van der Waals surface area contributed by atoms with Crippen molar-refractivity contribution in [2.75, 3.05) is 6.54 Å². The fourth-order valence-corrected chi connectivity index (χ4v) is 2.93. The lowest BCUT2D eigenvalue weighted by molar-refractivity contribution is -0.135. The summed E-state index contributed by atoms with van der Waals surface area (Å²) in [6.45, 7) is 9.03. The molecule has 6 nitrogen and oxygen atoms in total. The second-order valence-corrected chi connectivity index (χ2v) is 7.69. The Balaban J connectivity index is 2.17. The summed E-state index contributed by atoms with van der Waals surface area (Å²) in [4.78, 5) is 38.1. The van der Waals surface area contributed by atoms with Crippen LogP contribution in [0, 0.1) is 0 Å². The minimum absolute atomic E-state index is 0.286. The highest BCUT2D eigenvalue weighted by molar-refractivity contribution is 6.09. The molecule has 0 spiro atoms. The summed E-state index contributed by atoms with van der Waals surface area (Å²) >= 11 is 0. The number of nitrogens with one attached hydrogen (secondary N) is 2. The molecule has 1 aromatic carbocycles. The second-order valence-electron chi connectivity index (χ2n) is 7.69. The van der Waals surface area contributed by atoms with Gasteiger partial charge in [-0.3, -0.25) is 14.5 Å². The molecule has 136 valence electrons. The van der Waals surface area contributed by atoms with Gasteiger partial charge in [0.2, 0.25) is 5.91 Å². The maximum Gasteiger partial charge on any atom is 0.325 e. The second kappa shape index (κ2) is 6.86. The van der Waals surface area contributed by atoms with Gasteiger partial charge in [-0.2, -0.15) is 0 Å². The van der Waals surface area contributed by atoms with Crippen LogP contribution in [-0.2, 0) is 21.5 Å². The Morgan fingerprint density at radius 2 is 1.80 bits per heavy atom. The van der Waals surface area contributed by atoms with Crippen LogP contribution in [0.4, 0.5) is 4.79 Å². The van der Waals surface area contributed by atoms with Gasteiger partial charge in [0.25, 0.3) is 5.91 Å². The van der Waals surface area contributed by atoms with Crippen molar-refractivity contribution < 1.29 is 14.4 Å². The first-order valence-electron chi connectivity index (χ1n) is 8.61. The third kappa shape index (κ3) is 4.18. The third-order valence-corrected chi connectivity index (χ3v) is 4.16. The zero-order valence-corrected chi connectivity index (χ0v) is 15.6. The number of urea groups is 1. The van der Waals surface area contributed by atoms with Crippen LogP contribution in [0.2, 0.25) is 0 Å². The Bertz CT molecular complexity index is 676. The van der Waals surface area contributed by atoms with Gasteiger partial charge >= 0.3 is 6.03 Å². The van der Waals surface area contributed by atoms with Crippen molar-refractivity contribution in [2.24, 2.45) is 0 Å². The van der Waals surface area contributed by atoms with Crippen molar-refractivity contribution >= 4 is 17.8 Å². The standard InChI is InChI=1S/C19H27N3O3/c1-6-7-13-8-10-14(11-9-13)19(5)16(24)22(17(25)21-19)12-15(23)20-18(2,3)4/h8-11H,6-7,12H2,1-5H3,(H,20,23)(H,21,25)/t19-/m0/s1. The summed E-state index contributed by atoms with van der Waals surface area (Å²) in [5, 5.41) is 5.49. The predicted octanol–water partition coefficient (Wildman–Crippen LogP) is 2.32. The Hall–Kier alpha value is -2.37. The lowest BCUT2D eigenvalue weighted by Crippen LogP contribution is -2.48. The number of rotatable bonds is 5. The van der Waals surface area contributed by atoms with E-state index in [2.05, 4.69) is 17.6 Å². The van der Waals surface area contributed by atoms with Gasteiger partial charge in [0.15, 0.2) is 0 Å². The summed E-state index contributed by atoms with van der Waals surface area (Å²) in [5.74, 6) is -0.775. The van der Waals surface area contributed by atoms with Crippen LogP contribution in [-0.4, -0.2) is 34.8 Å². The molecule has 0 unspecified atom stereocenters. The van der Waals surface area contributed by atoms with Crippen molar-refractivity contribution in [3.8, 4) is 0 Å². The minimum Gasteiger partial charge on any atom is -0.350 e. The fourth-order valence-electron chi connectivity index (χ4n) is 2.93. The molecule has 0 saturated carbocycles. The quantitative estimate of drug-likeness (QED) is 0.804. The highest BCUT2D eigenvalue weighted by Crippen LogP contribution is 2.29. The summed E-state index contributed by atoms with van der Waals surface area (Å²) < 4.78 is 0. The molecule has 1 aliphatic rings. The first-order chi connectivity index (χ1) is 11.6. The van der Waals surface area contributed by atoms with Crippen LogP contribution in [0.3, 0.4) is 0 Å². The average Bonchev–Trinajstić information content (AvgIpc) is 2.71. The van der Waals surface area contributed by atoms with Gasteiger partial charge < -0.3 is 10.6 Å². The van der Waals surface area contributed by atoms with Crippen LogP contribution in [0.25, 0.3) is 0 Å². The molecule has 1 fully saturated rings. The number of hydrogen-bond acceptors (Lipinski definition) is 3. The minimum atomic E-state index is -1.15. The normalized spacial score (nSPS) is 20.6. The van der Waals surface area contributed by atoms with E-state index in [1.807, 2.05) is 45.0 Å². The zero-order valence-electron chi connectivity index (χ0n) is 15.6. The molecule has 1 atom stereocenters. The van der Waals surface area contributed by atoms with Crippen LogP contribution < -0.4 is 10.6 Å². The van der Waals surface area contributed by atoms with Gasteiger partial charge in [0.1, 0.15) is 12.1 Å². The molecular weight excluding hydrogens is 318 g/mol. The van der Waals surface area contributed by atoms with Crippen LogP contribution in [0.5, 0.6) is 0 Å². The van der Waals surface area contributed by atoms with E-state index in [4.69, 9.17) is 0 Å². The smallest absolute Gasteiger partial charge is 0.325 e. The summed E-state index contributed by atoms with van der Waals surface area (Å²) in [7, 11) is 0. The molecule has 0 aromatic heterocycles. The fraction of sp³-hybridized carbons (Fsp3) is 0.526. The molecule has 0 aliphatic carbocycles. The number of hydrogen-bond donors (Lipinski definition) is 2. The van der Waals surface area contributed by atoms with Crippen LogP contribution in [0.15, 0.2) is 24.3 Å². The van der Waals surface area contributed by atoms with E-state index in [0.29, 0.717) is 5.56 Å². The van der Waals surface area contributed by atoms with E-state index < -0.39 is 23.0 Å². The maximum absolute atomic E-state index is 12.8. The lowest BCUT2D eigenvalue weighted by atomic mass is 9.91. The Labute approximate surface area is 149 Å². The molecule has 1 heterocycles. The largest absolute Gasteiger partial charge is 0.350 e. The van der Waals surface area contributed by atoms with Gasteiger partial charge in [0, 0.05) is 5.54 Å². The molecule has 1 aromatic rings. The summed E-state index contributed by atoms with van der Waals surface area (Å²) in [6.07, 6.45) is 2.01. The van der Waals surface area contributed by atoms with Gasteiger partial charge in [-0.1, -0.05) is 37.6 Å². The lowest BCUT2D eigenvalue weighted by Gasteiger charge is -2.24. The Morgan fingerprint density at radius 1 is 1.20 bits per heavy atom. The van der Waals surface area contributed by atoms with E-state index >= 15 is 0 Å². The number of aryl methyl sites for hydroxylation is 1. The molecule has 0 bridgehead atoms. The number of benzene rings is 1. The van der Waals surface area contributed by atoms with Crippen molar-refractivity contribution in [1.29, 1.82) is 0 Å². The van der Waals surface area contributed by atoms with Crippen LogP contribution in [0.1, 0.15) is 52.2 Å². The van der Waals surface area contributed by atoms with E-state index in [0.717, 1.165) is 17.7 Å². The van der Waals surface area contributed by atoms with Crippen molar-refractivity contribution in [3.05, 3.63) is 35.4 Å². The van der Waals surface area contributed by atoms with Crippen molar-refractivity contribution in [2.45, 2.75) is 58.5 Å². The molecule has 1 aliphatic heterocycles. The molecule has 1 saturated heterocycles. The molecular formula is C19H27N3O3. The van der Waals surface area contributed by atoms with E-state index in [1.165, 1.54) is 5.56 Å². The molecule has 2 rings (SSSR count). The number of carbonyl (C=O) groups is 3. The SMILES string of the molecule is CCCc1ccc([C@]2(C)NC(=O)N(CC(=O)NC(C)(C)C)C2=O)cc1. The average molecular weight is 345 g/mol. The first-order valence-corrected chi connectivity index (χ1v) is 8.61. The van der Waals surface area contributed by atoms with E-state index in [1.54, 1.807) is 6.92 Å². The molecule has 6 heteroatoms. The first kappa shape index (κ1) is 19.0. The Morgan fingerprint density at radius 3 is 2.32 bits per heavy atom. The number of amides is 4. The van der Waals surface area contributed by atoms with Gasteiger partial charge in [-0.25, -0.2) is 4.79 Å². The van der Waals surface area contributed by atoms with E-state index in [9.17, 15) is 14.4 Å². The third-order valence-electron chi connectivity index (χ3n) is 4.16. The topological polar surface area (TPSA) is 78.5 Å². The monoisotopic (exact) mass is 345 g/mol. The Kier molecular flexibility index (Phi) is 5.20. The zero-order chi connectivity index (χ0) is 18.8. The molecule has 4 amide bonds. The number of carbonyl (C=O) groups excluding carboxylic acids is 3. The molecule has 0 radical (unpaired) electrons. The molecule has 2 N–H and O–H groups in total. The number of nitrogens with zero attached hydrogens (tertiary/aromatic N) is 1. The van der Waals surface area contributed by atoms with E-state index in [-0.39, 0.29) is 12.5 Å². The molecule has 25 heavy (non-hydrogen) atoms. The summed E-state index contributed by atoms with van der Waals surface area (Å²) in [6, 6.07) is 7.12. The van der Waals surface area contributed by atoms with Gasteiger partial charge in [-0.15, -0.1) is 0 Å². The van der Waals surface area contributed by atoms with Gasteiger partial charge in [0.05, 0.1) is 0 Å². The maximum atomic E-state index is 12.8. The van der Waals surface area contributed by atoms with Crippen LogP contribution >= 0.6 is 0 Å². The van der Waals surface area contributed by atoms with Crippen molar-refractivity contribution in [3.63, 3.8) is 0 Å². The van der Waals surface area contributed by atoms with Crippen molar-refractivity contribution in [1.82, 2.24) is 15.5 Å². The highest BCUT2D eigenvalue weighted by atomic mass is 16.2.